The average Bonchev–Trinajstić information content (AvgIpc) is 3.03. The van der Waals surface area contributed by atoms with Crippen LogP contribution in [0.1, 0.15) is 57.7 Å². The highest BCUT2D eigenvalue weighted by molar-refractivity contribution is 7.44. The third-order valence-electron chi connectivity index (χ3n) is 7.02. The van der Waals surface area contributed by atoms with Crippen LogP contribution in [0.25, 0.3) is 0 Å². The molecule has 0 bridgehead atoms. The summed E-state index contributed by atoms with van der Waals surface area (Å²) in [7, 11) is 1.95. The lowest BCUT2D eigenvalue weighted by molar-refractivity contribution is -0.111. The van der Waals surface area contributed by atoms with Gasteiger partial charge in [0.2, 0.25) is 6.41 Å². The number of nitrogens with one attached hydrogen (secondary N) is 1. The van der Waals surface area contributed by atoms with Crippen LogP contribution in [-0.4, -0.2) is 63.2 Å². The first-order chi connectivity index (χ1) is 20.8. The number of methoxy groups -OCH3 is 2. The highest BCUT2D eigenvalue weighted by Crippen LogP contribution is 2.46. The van der Waals surface area contributed by atoms with Crippen molar-refractivity contribution in [2.24, 2.45) is 0 Å². The molecule has 0 radical (unpaired) electrons. The maximum Gasteiger partial charge on any atom is 0.259 e. The molecule has 234 valence electrons. The van der Waals surface area contributed by atoms with Crippen LogP contribution in [0.3, 0.4) is 0 Å². The quantitative estimate of drug-likeness (QED) is 0.0897. The lowest BCUT2D eigenvalue weighted by Crippen LogP contribution is -2.42. The van der Waals surface area contributed by atoms with E-state index in [0.717, 1.165) is 34.6 Å². The Morgan fingerprint density at radius 3 is 1.72 bits per heavy atom. The molecule has 2 atom stereocenters. The standard InChI is InChI=1S/C34H47N2O6P/c1-8-22-41-43(36(26(2)3)27(4)5)42-24-31(35-25-37)23-40-34(28-12-10-9-11-13-28,29-14-18-32(38-6)19-15-29)30-16-20-33(39-7)21-17-30/h9-21,25-27,31H,8,22-24H2,1-7H3,(H,35,37). The fraction of sp³-hybridized carbons (Fsp3) is 0.441. The predicted octanol–water partition coefficient (Wildman–Crippen LogP) is 6.92. The molecule has 0 fully saturated rings. The molecule has 1 amide bonds. The van der Waals surface area contributed by atoms with Gasteiger partial charge in [0.15, 0.2) is 0 Å². The molecule has 0 aliphatic heterocycles. The van der Waals surface area contributed by atoms with Crippen molar-refractivity contribution in [2.75, 3.05) is 34.0 Å². The van der Waals surface area contributed by atoms with Crippen LogP contribution < -0.4 is 14.8 Å². The molecule has 0 aromatic heterocycles. The van der Waals surface area contributed by atoms with Crippen molar-refractivity contribution >= 4 is 14.9 Å². The fourth-order valence-electron chi connectivity index (χ4n) is 5.01. The lowest BCUT2D eigenvalue weighted by atomic mass is 9.80. The van der Waals surface area contributed by atoms with Gasteiger partial charge in [0.05, 0.1) is 40.1 Å². The SMILES string of the molecule is CCCOP(OCC(COC(c1ccccc1)(c1ccc(OC)cc1)c1ccc(OC)cc1)NC=O)N(C(C)C)C(C)C. The van der Waals surface area contributed by atoms with Gasteiger partial charge in [-0.3, -0.25) is 4.79 Å². The predicted molar refractivity (Wildman–Crippen MR) is 172 cm³/mol. The molecule has 3 rings (SSSR count). The zero-order valence-corrected chi connectivity index (χ0v) is 27.4. The Hall–Kier alpha value is -3.00. The second kappa shape index (κ2) is 17.3. The fourth-order valence-corrected chi connectivity index (χ4v) is 6.75. The Balaban J connectivity index is 2.01. The van der Waals surface area contributed by atoms with Crippen LogP contribution in [0.2, 0.25) is 0 Å². The number of rotatable bonds is 19. The smallest absolute Gasteiger partial charge is 0.259 e. The number of hydrogen-bond acceptors (Lipinski definition) is 7. The van der Waals surface area contributed by atoms with Crippen molar-refractivity contribution in [1.29, 1.82) is 0 Å². The zero-order valence-electron chi connectivity index (χ0n) is 26.5. The second-order valence-corrected chi connectivity index (χ2v) is 12.2. The van der Waals surface area contributed by atoms with Crippen LogP contribution in [0, 0.1) is 0 Å². The van der Waals surface area contributed by atoms with Gasteiger partial charge in [0.25, 0.3) is 8.53 Å². The van der Waals surface area contributed by atoms with Gasteiger partial charge in [0.1, 0.15) is 17.1 Å². The summed E-state index contributed by atoms with van der Waals surface area (Å²) in [5.74, 6) is 1.49. The first-order valence-corrected chi connectivity index (χ1v) is 16.0. The van der Waals surface area contributed by atoms with Crippen LogP contribution in [0.15, 0.2) is 78.9 Å². The largest absolute Gasteiger partial charge is 0.497 e. The zero-order chi connectivity index (χ0) is 31.2. The summed E-state index contributed by atoms with van der Waals surface area (Å²) in [4.78, 5) is 11.8. The minimum absolute atomic E-state index is 0.173. The maximum absolute atomic E-state index is 11.8. The number of ether oxygens (including phenoxy) is 3. The van der Waals surface area contributed by atoms with Crippen molar-refractivity contribution in [3.8, 4) is 11.5 Å². The molecule has 1 N–H and O–H groups in total. The minimum Gasteiger partial charge on any atom is -0.497 e. The summed E-state index contributed by atoms with van der Waals surface area (Å²) in [6.07, 6.45) is 1.58. The van der Waals surface area contributed by atoms with Gasteiger partial charge in [-0.15, -0.1) is 0 Å². The monoisotopic (exact) mass is 610 g/mol. The van der Waals surface area contributed by atoms with E-state index in [9.17, 15) is 4.79 Å². The van der Waals surface area contributed by atoms with Crippen LogP contribution in [-0.2, 0) is 24.2 Å². The molecule has 0 heterocycles. The van der Waals surface area contributed by atoms with Crippen molar-refractivity contribution in [3.05, 3.63) is 95.6 Å². The molecule has 0 spiro atoms. The van der Waals surface area contributed by atoms with Crippen LogP contribution in [0.4, 0.5) is 0 Å². The Morgan fingerprint density at radius 1 is 0.767 bits per heavy atom. The van der Waals surface area contributed by atoms with E-state index < -0.39 is 20.2 Å². The normalized spacial score (nSPS) is 13.3. The minimum atomic E-state index is -1.34. The number of nitrogens with zero attached hydrogens (tertiary/aromatic N) is 1. The molecule has 8 nitrogen and oxygen atoms in total. The van der Waals surface area contributed by atoms with E-state index in [1.165, 1.54) is 0 Å². The van der Waals surface area contributed by atoms with Crippen molar-refractivity contribution in [3.63, 3.8) is 0 Å². The van der Waals surface area contributed by atoms with E-state index in [0.29, 0.717) is 13.0 Å². The maximum atomic E-state index is 11.8. The Morgan fingerprint density at radius 2 is 1.28 bits per heavy atom. The third kappa shape index (κ3) is 9.01. The molecule has 0 aliphatic carbocycles. The third-order valence-corrected chi connectivity index (χ3v) is 9.09. The van der Waals surface area contributed by atoms with Crippen LogP contribution >= 0.6 is 8.53 Å². The van der Waals surface area contributed by atoms with Gasteiger partial charge in [-0.2, -0.15) is 0 Å². The van der Waals surface area contributed by atoms with E-state index in [-0.39, 0.29) is 25.3 Å². The molecule has 43 heavy (non-hydrogen) atoms. The topological polar surface area (TPSA) is 78.5 Å². The number of carbonyl (C=O) groups excluding carboxylic acids is 1. The molecule has 2 unspecified atom stereocenters. The molecule has 3 aromatic carbocycles. The Kier molecular flexibility index (Phi) is 13.9. The van der Waals surface area contributed by atoms with Crippen molar-refractivity contribution in [1.82, 2.24) is 9.99 Å². The molecular weight excluding hydrogens is 563 g/mol. The van der Waals surface area contributed by atoms with E-state index in [2.05, 4.69) is 44.6 Å². The summed E-state index contributed by atoms with van der Waals surface area (Å²) in [6, 6.07) is 25.8. The molecule has 0 aliphatic rings. The summed E-state index contributed by atoms with van der Waals surface area (Å²) < 4.78 is 32.7. The molecule has 3 aromatic rings. The number of benzene rings is 3. The Labute approximate surface area is 258 Å². The summed E-state index contributed by atoms with van der Waals surface area (Å²) in [6.45, 7) is 11.6. The molecule has 0 saturated carbocycles. The summed E-state index contributed by atoms with van der Waals surface area (Å²) >= 11 is 0. The van der Waals surface area contributed by atoms with Crippen molar-refractivity contribution < 1.29 is 28.1 Å². The van der Waals surface area contributed by atoms with E-state index in [4.69, 9.17) is 23.3 Å². The molecule has 9 heteroatoms. The second-order valence-electron chi connectivity index (χ2n) is 10.7. The first kappa shape index (κ1) is 34.5. The lowest BCUT2D eigenvalue weighted by Gasteiger charge is -2.38. The van der Waals surface area contributed by atoms with Gasteiger partial charge in [0, 0.05) is 12.1 Å². The van der Waals surface area contributed by atoms with Gasteiger partial charge >= 0.3 is 0 Å². The number of amides is 1. The van der Waals surface area contributed by atoms with E-state index in [1.807, 2.05) is 78.9 Å². The van der Waals surface area contributed by atoms with E-state index >= 15 is 0 Å². The molecular formula is C34H47N2O6P. The van der Waals surface area contributed by atoms with Gasteiger partial charge in [-0.25, -0.2) is 4.67 Å². The Bertz CT molecular complexity index is 1150. The highest BCUT2D eigenvalue weighted by Gasteiger charge is 2.39. The van der Waals surface area contributed by atoms with Crippen molar-refractivity contribution in [2.45, 2.75) is 64.8 Å². The number of carbonyl (C=O) groups is 1. The van der Waals surface area contributed by atoms with Gasteiger partial charge in [-0.05, 0) is 75.1 Å². The van der Waals surface area contributed by atoms with E-state index in [1.54, 1.807) is 14.2 Å². The number of hydrogen-bond donors (Lipinski definition) is 1. The highest BCUT2D eigenvalue weighted by atomic mass is 31.2. The first-order valence-electron chi connectivity index (χ1n) is 14.8. The average molecular weight is 611 g/mol. The van der Waals surface area contributed by atoms with Crippen LogP contribution in [0.5, 0.6) is 11.5 Å². The summed E-state index contributed by atoms with van der Waals surface area (Å²) in [5.41, 5.74) is 1.76. The van der Waals surface area contributed by atoms with Gasteiger partial charge in [-0.1, -0.05) is 61.5 Å². The summed E-state index contributed by atoms with van der Waals surface area (Å²) in [5, 5.41) is 2.92. The van der Waals surface area contributed by atoms with Gasteiger partial charge < -0.3 is 28.6 Å². The molecule has 0 saturated heterocycles.